The van der Waals surface area contributed by atoms with E-state index in [0.29, 0.717) is 0 Å². The molecule has 186 valence electrons. The van der Waals surface area contributed by atoms with E-state index in [1.54, 1.807) is 0 Å². The molecule has 0 N–H and O–H groups in total. The van der Waals surface area contributed by atoms with Gasteiger partial charge in [-0.25, -0.2) is 0 Å². The molecule has 2 heterocycles. The van der Waals surface area contributed by atoms with Crippen molar-refractivity contribution in [1.82, 2.24) is 0 Å². The Morgan fingerprint density at radius 3 is 1.77 bits per heavy atom. The number of benzene rings is 7. The molecular formula is C38H22S2. The minimum atomic E-state index is 1.26. The molecule has 9 rings (SSSR count). The maximum Gasteiger partial charge on any atom is 0.0428 e. The van der Waals surface area contributed by atoms with Crippen molar-refractivity contribution in [2.24, 2.45) is 0 Å². The fourth-order valence-corrected chi connectivity index (χ4v) is 8.71. The molecule has 0 fully saturated rings. The van der Waals surface area contributed by atoms with Gasteiger partial charge in [-0.3, -0.25) is 0 Å². The van der Waals surface area contributed by atoms with E-state index in [9.17, 15) is 0 Å². The molecule has 2 heteroatoms. The maximum absolute atomic E-state index is 2.39. The second kappa shape index (κ2) is 8.50. The van der Waals surface area contributed by atoms with Gasteiger partial charge in [0.2, 0.25) is 0 Å². The highest BCUT2D eigenvalue weighted by atomic mass is 32.1. The van der Waals surface area contributed by atoms with Crippen molar-refractivity contribution in [1.29, 1.82) is 0 Å². The average Bonchev–Trinajstić information content (AvgIpc) is 3.63. The first-order valence-corrected chi connectivity index (χ1v) is 15.3. The van der Waals surface area contributed by atoms with Crippen LogP contribution in [-0.4, -0.2) is 0 Å². The van der Waals surface area contributed by atoms with Crippen molar-refractivity contribution < 1.29 is 0 Å². The van der Waals surface area contributed by atoms with Crippen molar-refractivity contribution in [2.45, 2.75) is 0 Å². The Hall–Kier alpha value is -4.50. The molecule has 0 unspecified atom stereocenters. The van der Waals surface area contributed by atoms with Gasteiger partial charge in [0, 0.05) is 30.4 Å². The molecule has 40 heavy (non-hydrogen) atoms. The van der Waals surface area contributed by atoms with Crippen molar-refractivity contribution >= 4 is 85.2 Å². The van der Waals surface area contributed by atoms with Gasteiger partial charge in [-0.15, -0.1) is 22.7 Å². The summed E-state index contributed by atoms with van der Waals surface area (Å²) in [5.41, 5.74) is 5.29. The van der Waals surface area contributed by atoms with Crippen LogP contribution in [0.15, 0.2) is 133 Å². The highest BCUT2D eigenvalue weighted by Crippen LogP contribution is 2.51. The SMILES string of the molecule is c1ccc2cc(-c3c4ccccc4c(-c4c5sccc5cc5sc6ccccc6c45)c4ccccc34)ccc2c1. The molecule has 0 nitrogen and oxygen atoms in total. The van der Waals surface area contributed by atoms with Gasteiger partial charge in [-0.1, -0.05) is 103 Å². The van der Waals surface area contributed by atoms with Crippen LogP contribution in [0.4, 0.5) is 0 Å². The Morgan fingerprint density at radius 2 is 1.02 bits per heavy atom. The maximum atomic E-state index is 2.39. The molecule has 0 radical (unpaired) electrons. The van der Waals surface area contributed by atoms with E-state index in [2.05, 4.69) is 133 Å². The molecule has 0 aliphatic heterocycles. The van der Waals surface area contributed by atoms with E-state index in [0.717, 1.165) is 0 Å². The number of rotatable bonds is 2. The first kappa shape index (κ1) is 22.3. The average molecular weight is 543 g/mol. The van der Waals surface area contributed by atoms with Crippen LogP contribution in [-0.2, 0) is 0 Å². The molecule has 0 saturated carbocycles. The van der Waals surface area contributed by atoms with E-state index >= 15 is 0 Å². The predicted octanol–water partition coefficient (Wildman–Crippen LogP) is 12.1. The largest absolute Gasteiger partial charge is 0.143 e. The molecule has 0 spiro atoms. The van der Waals surface area contributed by atoms with Gasteiger partial charge in [-0.2, -0.15) is 0 Å². The standard InChI is InChI=1S/C38H22S2/c1-2-10-24-21-25(18-17-23(24)9-1)34-27-11-3-5-13-29(27)35(30-14-6-4-12-28(30)34)37-36-31-15-7-8-16-32(31)40-33(36)22-26-19-20-39-38(26)37/h1-22H. The third kappa shape index (κ3) is 3.12. The van der Waals surface area contributed by atoms with E-state index in [1.165, 1.54) is 84.8 Å². The fraction of sp³-hybridized carbons (Fsp3) is 0. The smallest absolute Gasteiger partial charge is 0.0428 e. The highest BCUT2D eigenvalue weighted by molar-refractivity contribution is 7.26. The van der Waals surface area contributed by atoms with Crippen molar-refractivity contribution in [3.05, 3.63) is 133 Å². The molecule has 7 aromatic carbocycles. The second-order valence-corrected chi connectivity index (χ2v) is 12.5. The van der Waals surface area contributed by atoms with E-state index in [-0.39, 0.29) is 0 Å². The highest BCUT2D eigenvalue weighted by Gasteiger charge is 2.22. The number of fused-ring (bicyclic) bond motifs is 7. The van der Waals surface area contributed by atoms with Crippen molar-refractivity contribution in [3.8, 4) is 22.3 Å². The summed E-state index contributed by atoms with van der Waals surface area (Å²) in [5, 5.41) is 14.0. The lowest BCUT2D eigenvalue weighted by Crippen LogP contribution is -1.91. The number of hydrogen-bond donors (Lipinski definition) is 0. The predicted molar refractivity (Wildman–Crippen MR) is 178 cm³/mol. The summed E-state index contributed by atoms with van der Waals surface area (Å²) in [6, 6.07) is 47.2. The van der Waals surface area contributed by atoms with Crippen molar-refractivity contribution in [3.63, 3.8) is 0 Å². The van der Waals surface area contributed by atoms with Crippen LogP contribution in [0.3, 0.4) is 0 Å². The van der Waals surface area contributed by atoms with E-state index < -0.39 is 0 Å². The van der Waals surface area contributed by atoms with Gasteiger partial charge in [0.1, 0.15) is 0 Å². The molecule has 0 amide bonds. The summed E-state index contributed by atoms with van der Waals surface area (Å²) in [5.74, 6) is 0. The van der Waals surface area contributed by atoms with E-state index in [4.69, 9.17) is 0 Å². The molecule has 0 saturated heterocycles. The molecular weight excluding hydrogens is 521 g/mol. The topological polar surface area (TPSA) is 0 Å². The third-order valence-electron chi connectivity index (χ3n) is 8.30. The zero-order valence-electron chi connectivity index (χ0n) is 21.5. The van der Waals surface area contributed by atoms with Crippen LogP contribution >= 0.6 is 22.7 Å². The summed E-state index contributed by atoms with van der Waals surface area (Å²) in [4.78, 5) is 0. The fourth-order valence-electron chi connectivity index (χ4n) is 6.61. The zero-order valence-corrected chi connectivity index (χ0v) is 23.2. The number of hydrogen-bond acceptors (Lipinski definition) is 2. The van der Waals surface area contributed by atoms with Crippen LogP contribution in [0.2, 0.25) is 0 Å². The Bertz CT molecular complexity index is 2380. The summed E-state index contributed by atoms with van der Waals surface area (Å²) in [6.07, 6.45) is 0. The Morgan fingerprint density at radius 1 is 0.400 bits per heavy atom. The molecule has 0 bridgehead atoms. The number of thiophene rings is 2. The van der Waals surface area contributed by atoms with Crippen LogP contribution in [0.25, 0.3) is 84.8 Å². The summed E-state index contributed by atoms with van der Waals surface area (Å²) >= 11 is 3.76. The van der Waals surface area contributed by atoms with Gasteiger partial charge in [0.05, 0.1) is 0 Å². The Balaban J connectivity index is 1.50. The monoisotopic (exact) mass is 542 g/mol. The molecule has 0 aliphatic rings. The summed E-state index contributed by atoms with van der Waals surface area (Å²) < 4.78 is 4.07. The second-order valence-electron chi connectivity index (χ2n) is 10.5. The first-order chi connectivity index (χ1) is 19.8. The van der Waals surface area contributed by atoms with Gasteiger partial charge in [-0.05, 0) is 84.0 Å². The summed E-state index contributed by atoms with van der Waals surface area (Å²) in [7, 11) is 0. The normalized spacial score (nSPS) is 12.0. The molecule has 0 atom stereocenters. The van der Waals surface area contributed by atoms with Crippen LogP contribution in [0.1, 0.15) is 0 Å². The van der Waals surface area contributed by atoms with Crippen LogP contribution in [0.5, 0.6) is 0 Å². The van der Waals surface area contributed by atoms with Crippen molar-refractivity contribution in [2.75, 3.05) is 0 Å². The molecule has 2 aromatic heterocycles. The van der Waals surface area contributed by atoms with Gasteiger partial charge < -0.3 is 0 Å². The minimum absolute atomic E-state index is 1.26. The lowest BCUT2D eigenvalue weighted by Gasteiger charge is -2.19. The Labute approximate surface area is 239 Å². The van der Waals surface area contributed by atoms with Gasteiger partial charge >= 0.3 is 0 Å². The van der Waals surface area contributed by atoms with Gasteiger partial charge in [0.15, 0.2) is 0 Å². The van der Waals surface area contributed by atoms with Gasteiger partial charge in [0.25, 0.3) is 0 Å². The third-order valence-corrected chi connectivity index (χ3v) is 10.4. The minimum Gasteiger partial charge on any atom is -0.143 e. The first-order valence-electron chi connectivity index (χ1n) is 13.6. The quantitative estimate of drug-likeness (QED) is 0.191. The zero-order chi connectivity index (χ0) is 26.2. The van der Waals surface area contributed by atoms with E-state index in [1.807, 2.05) is 22.7 Å². The molecule has 9 aromatic rings. The van der Waals surface area contributed by atoms with Crippen LogP contribution in [0, 0.1) is 0 Å². The Kier molecular flexibility index (Phi) is 4.74. The van der Waals surface area contributed by atoms with Crippen LogP contribution < -0.4 is 0 Å². The summed E-state index contributed by atoms with van der Waals surface area (Å²) in [6.45, 7) is 0. The lowest BCUT2D eigenvalue weighted by atomic mass is 9.84. The lowest BCUT2D eigenvalue weighted by molar-refractivity contribution is 1.70. The molecule has 0 aliphatic carbocycles.